The Hall–Kier alpha value is -1.26. The molecule has 0 radical (unpaired) electrons. The fourth-order valence-corrected chi connectivity index (χ4v) is 3.49. The Morgan fingerprint density at radius 3 is 2.85 bits per heavy atom. The highest BCUT2D eigenvalue weighted by Gasteiger charge is 2.23. The smallest absolute Gasteiger partial charge is 0.124 e. The van der Waals surface area contributed by atoms with Crippen LogP contribution in [0.25, 0.3) is 10.6 Å². The van der Waals surface area contributed by atoms with Gasteiger partial charge < -0.3 is 4.90 Å². The second-order valence-electron chi connectivity index (χ2n) is 5.74. The van der Waals surface area contributed by atoms with Crippen molar-refractivity contribution in [1.82, 2.24) is 14.9 Å². The van der Waals surface area contributed by atoms with E-state index in [2.05, 4.69) is 35.9 Å². The molecule has 0 aliphatic carbocycles. The van der Waals surface area contributed by atoms with Gasteiger partial charge in [0, 0.05) is 47.5 Å². The number of pyridine rings is 1. The molecule has 0 aromatic carbocycles. The van der Waals surface area contributed by atoms with Crippen LogP contribution in [0.1, 0.15) is 38.3 Å². The van der Waals surface area contributed by atoms with E-state index in [-0.39, 0.29) is 0 Å². The average Bonchev–Trinajstić information content (AvgIpc) is 3.02. The lowest BCUT2D eigenvalue weighted by Crippen LogP contribution is -2.39. The summed E-state index contributed by atoms with van der Waals surface area (Å²) in [6.07, 6.45) is 6.35. The van der Waals surface area contributed by atoms with Crippen LogP contribution in [-0.2, 0) is 0 Å². The molecule has 1 aliphatic rings. The van der Waals surface area contributed by atoms with E-state index in [1.807, 2.05) is 17.8 Å². The lowest BCUT2D eigenvalue weighted by atomic mass is 9.93. The molecule has 0 saturated carbocycles. The second-order valence-corrected chi connectivity index (χ2v) is 6.63. The first-order valence-electron chi connectivity index (χ1n) is 7.34. The highest BCUT2D eigenvalue weighted by molar-refractivity contribution is 7.13. The van der Waals surface area contributed by atoms with E-state index < -0.39 is 0 Å². The molecule has 0 spiro atoms. The molecule has 2 aromatic heterocycles. The summed E-state index contributed by atoms with van der Waals surface area (Å²) in [5.41, 5.74) is 2.36. The minimum atomic E-state index is 0.580. The molecule has 3 heterocycles. The SMILES string of the molecule is CC(C)N1CCC[C@@H](c2ccc(-c3nccs3)cn2)C1. The standard InChI is InChI=1S/C16H21N3S/c1-12(2)19-8-3-4-14(11-19)15-6-5-13(10-18-15)16-17-7-9-20-16/h5-7,9-10,12,14H,3-4,8,11H2,1-2H3/t14-/m1/s1. The molecular weight excluding hydrogens is 266 g/mol. The maximum Gasteiger partial charge on any atom is 0.124 e. The van der Waals surface area contributed by atoms with E-state index in [0.29, 0.717) is 12.0 Å². The third-order valence-electron chi connectivity index (χ3n) is 4.07. The number of rotatable bonds is 3. The van der Waals surface area contributed by atoms with Crippen molar-refractivity contribution in [1.29, 1.82) is 0 Å². The molecule has 20 heavy (non-hydrogen) atoms. The van der Waals surface area contributed by atoms with Crippen molar-refractivity contribution in [3.63, 3.8) is 0 Å². The zero-order valence-corrected chi connectivity index (χ0v) is 12.9. The van der Waals surface area contributed by atoms with Gasteiger partial charge in [-0.2, -0.15) is 0 Å². The van der Waals surface area contributed by atoms with Crippen LogP contribution in [-0.4, -0.2) is 34.0 Å². The summed E-state index contributed by atoms with van der Waals surface area (Å²) in [4.78, 5) is 11.6. The molecule has 3 nitrogen and oxygen atoms in total. The largest absolute Gasteiger partial charge is 0.300 e. The third kappa shape index (κ3) is 2.91. The van der Waals surface area contributed by atoms with Gasteiger partial charge >= 0.3 is 0 Å². The first-order valence-corrected chi connectivity index (χ1v) is 8.22. The van der Waals surface area contributed by atoms with Crippen LogP contribution in [0.4, 0.5) is 0 Å². The number of hydrogen-bond acceptors (Lipinski definition) is 4. The first kappa shape index (κ1) is 13.7. The van der Waals surface area contributed by atoms with Gasteiger partial charge in [-0.15, -0.1) is 11.3 Å². The van der Waals surface area contributed by atoms with Crippen LogP contribution < -0.4 is 0 Å². The Labute approximate surface area is 124 Å². The molecular formula is C16H21N3S. The zero-order chi connectivity index (χ0) is 13.9. The van der Waals surface area contributed by atoms with E-state index in [9.17, 15) is 0 Å². The van der Waals surface area contributed by atoms with Gasteiger partial charge in [-0.1, -0.05) is 0 Å². The summed E-state index contributed by atoms with van der Waals surface area (Å²) in [5, 5.41) is 3.06. The van der Waals surface area contributed by atoms with Crippen LogP contribution >= 0.6 is 11.3 Å². The number of thiazole rings is 1. The van der Waals surface area contributed by atoms with E-state index in [1.165, 1.54) is 25.1 Å². The monoisotopic (exact) mass is 287 g/mol. The molecule has 3 rings (SSSR count). The van der Waals surface area contributed by atoms with Crippen LogP contribution in [0.15, 0.2) is 29.9 Å². The summed E-state index contributed by atoms with van der Waals surface area (Å²) >= 11 is 1.66. The maximum atomic E-state index is 4.69. The molecule has 1 aliphatic heterocycles. The van der Waals surface area contributed by atoms with Gasteiger partial charge in [0.05, 0.1) is 0 Å². The van der Waals surface area contributed by atoms with Crippen molar-refractivity contribution < 1.29 is 0 Å². The lowest BCUT2D eigenvalue weighted by molar-refractivity contribution is 0.166. The zero-order valence-electron chi connectivity index (χ0n) is 12.1. The molecule has 106 valence electrons. The van der Waals surface area contributed by atoms with Crippen molar-refractivity contribution in [2.45, 2.75) is 38.6 Å². The van der Waals surface area contributed by atoms with Crippen molar-refractivity contribution in [3.8, 4) is 10.6 Å². The van der Waals surface area contributed by atoms with Crippen LogP contribution in [0, 0.1) is 0 Å². The van der Waals surface area contributed by atoms with Crippen LogP contribution in [0.2, 0.25) is 0 Å². The first-order chi connectivity index (χ1) is 9.74. The van der Waals surface area contributed by atoms with Gasteiger partial charge in [-0.25, -0.2) is 4.98 Å². The Balaban J connectivity index is 1.74. The molecule has 1 saturated heterocycles. The van der Waals surface area contributed by atoms with Gasteiger partial charge in [0.15, 0.2) is 0 Å². The van der Waals surface area contributed by atoms with Crippen molar-refractivity contribution in [3.05, 3.63) is 35.6 Å². The summed E-state index contributed by atoms with van der Waals surface area (Å²) in [6, 6.07) is 4.98. The predicted octanol–water partition coefficient (Wildman–Crippen LogP) is 3.79. The maximum absolute atomic E-state index is 4.69. The predicted molar refractivity (Wildman–Crippen MR) is 84.0 cm³/mol. The molecule has 0 bridgehead atoms. The van der Waals surface area contributed by atoms with Crippen LogP contribution in [0.5, 0.6) is 0 Å². The Kier molecular flexibility index (Phi) is 4.13. The molecule has 1 fully saturated rings. The molecule has 0 N–H and O–H groups in total. The summed E-state index contributed by atoms with van der Waals surface area (Å²) in [6.45, 7) is 6.93. The lowest BCUT2D eigenvalue weighted by Gasteiger charge is -2.35. The second kappa shape index (κ2) is 6.02. The van der Waals surface area contributed by atoms with Crippen molar-refractivity contribution in [2.24, 2.45) is 0 Å². The molecule has 0 unspecified atom stereocenters. The fourth-order valence-electron chi connectivity index (χ4n) is 2.86. The van der Waals surface area contributed by atoms with E-state index in [0.717, 1.165) is 17.1 Å². The number of hydrogen-bond donors (Lipinski definition) is 0. The summed E-state index contributed by atoms with van der Waals surface area (Å²) in [7, 11) is 0. The van der Waals surface area contributed by atoms with Gasteiger partial charge in [0.2, 0.25) is 0 Å². The molecule has 0 amide bonds. The van der Waals surface area contributed by atoms with Crippen LogP contribution in [0.3, 0.4) is 0 Å². The van der Waals surface area contributed by atoms with E-state index in [1.54, 1.807) is 11.3 Å². The number of piperidine rings is 1. The normalized spacial score (nSPS) is 20.4. The minimum absolute atomic E-state index is 0.580. The number of likely N-dealkylation sites (tertiary alicyclic amines) is 1. The highest BCUT2D eigenvalue weighted by Crippen LogP contribution is 2.28. The third-order valence-corrected chi connectivity index (χ3v) is 4.89. The minimum Gasteiger partial charge on any atom is -0.300 e. The molecule has 1 atom stereocenters. The summed E-state index contributed by atoms with van der Waals surface area (Å²) < 4.78 is 0. The number of nitrogens with zero attached hydrogens (tertiary/aromatic N) is 3. The van der Waals surface area contributed by atoms with Gasteiger partial charge in [-0.3, -0.25) is 4.98 Å². The number of aromatic nitrogens is 2. The van der Waals surface area contributed by atoms with Crippen molar-refractivity contribution in [2.75, 3.05) is 13.1 Å². The molecule has 2 aromatic rings. The fraction of sp³-hybridized carbons (Fsp3) is 0.500. The highest BCUT2D eigenvalue weighted by atomic mass is 32.1. The van der Waals surface area contributed by atoms with Crippen molar-refractivity contribution >= 4 is 11.3 Å². The van der Waals surface area contributed by atoms with Gasteiger partial charge in [-0.05, 0) is 45.4 Å². The Morgan fingerprint density at radius 1 is 1.30 bits per heavy atom. The molecule has 4 heteroatoms. The summed E-state index contributed by atoms with van der Waals surface area (Å²) in [5.74, 6) is 0.580. The van der Waals surface area contributed by atoms with E-state index >= 15 is 0 Å². The Bertz CT molecular complexity index is 533. The average molecular weight is 287 g/mol. The van der Waals surface area contributed by atoms with Gasteiger partial charge in [0.25, 0.3) is 0 Å². The van der Waals surface area contributed by atoms with E-state index in [4.69, 9.17) is 4.98 Å². The quantitative estimate of drug-likeness (QED) is 0.860. The topological polar surface area (TPSA) is 29.0 Å². The Morgan fingerprint density at radius 2 is 2.20 bits per heavy atom. The van der Waals surface area contributed by atoms with Gasteiger partial charge in [0.1, 0.15) is 5.01 Å².